The third-order valence-corrected chi connectivity index (χ3v) is 3.04. The van der Waals surface area contributed by atoms with Crippen LogP contribution in [0.2, 0.25) is 0 Å². The molecule has 1 aromatic carbocycles. The van der Waals surface area contributed by atoms with Crippen molar-refractivity contribution in [3.8, 4) is 5.75 Å². The number of nitrogens with two attached hydrogens (primary N) is 1. The first-order valence-corrected chi connectivity index (χ1v) is 6.69. The number of likely N-dealkylation sites (N-methyl/N-ethyl adjacent to an activating group) is 1. The van der Waals surface area contributed by atoms with E-state index in [1.54, 1.807) is 18.9 Å². The maximum absolute atomic E-state index is 12.1. The van der Waals surface area contributed by atoms with Crippen LogP contribution in [0.3, 0.4) is 0 Å². The van der Waals surface area contributed by atoms with Crippen LogP contribution in [-0.2, 0) is 4.79 Å². The summed E-state index contributed by atoms with van der Waals surface area (Å²) in [6.45, 7) is 4.81. The summed E-state index contributed by atoms with van der Waals surface area (Å²) >= 11 is 0. The predicted octanol–water partition coefficient (Wildman–Crippen LogP) is 2.04. The fourth-order valence-electron chi connectivity index (χ4n) is 1.98. The molecular weight excluding hydrogens is 240 g/mol. The standard InChI is InChI=1S/C15H24N2O2/c1-4-10-15(2,16)14(18)17(3)11-12-19-13-8-6-5-7-9-13/h5-9H,4,10-12,16H2,1-3H3. The zero-order valence-corrected chi connectivity index (χ0v) is 12.1. The predicted molar refractivity (Wildman–Crippen MR) is 77.1 cm³/mol. The van der Waals surface area contributed by atoms with E-state index in [-0.39, 0.29) is 5.91 Å². The van der Waals surface area contributed by atoms with E-state index in [1.165, 1.54) is 0 Å². The summed E-state index contributed by atoms with van der Waals surface area (Å²) in [6.07, 6.45) is 1.59. The van der Waals surface area contributed by atoms with Crippen LogP contribution in [0.5, 0.6) is 5.75 Å². The molecule has 1 rings (SSSR count). The number of carbonyl (C=O) groups excluding carboxylic acids is 1. The molecule has 19 heavy (non-hydrogen) atoms. The highest BCUT2D eigenvalue weighted by Gasteiger charge is 2.29. The maximum Gasteiger partial charge on any atom is 0.242 e. The van der Waals surface area contributed by atoms with E-state index < -0.39 is 5.54 Å². The van der Waals surface area contributed by atoms with Gasteiger partial charge in [-0.2, -0.15) is 0 Å². The fraction of sp³-hybridized carbons (Fsp3) is 0.533. The van der Waals surface area contributed by atoms with Gasteiger partial charge in [0.15, 0.2) is 0 Å². The molecule has 4 heteroatoms. The lowest BCUT2D eigenvalue weighted by Crippen LogP contribution is -2.52. The zero-order chi connectivity index (χ0) is 14.3. The van der Waals surface area contributed by atoms with E-state index in [9.17, 15) is 4.79 Å². The molecule has 0 aliphatic rings. The molecule has 4 nitrogen and oxygen atoms in total. The molecular formula is C15H24N2O2. The number of para-hydroxylation sites is 1. The van der Waals surface area contributed by atoms with Crippen molar-refractivity contribution < 1.29 is 9.53 Å². The first-order chi connectivity index (χ1) is 8.97. The number of ether oxygens (including phenoxy) is 1. The summed E-state index contributed by atoms with van der Waals surface area (Å²) in [6, 6.07) is 9.57. The molecule has 1 unspecified atom stereocenters. The Bertz CT molecular complexity index is 390. The van der Waals surface area contributed by atoms with Gasteiger partial charge < -0.3 is 15.4 Å². The van der Waals surface area contributed by atoms with Gasteiger partial charge in [-0.25, -0.2) is 0 Å². The summed E-state index contributed by atoms with van der Waals surface area (Å²) in [7, 11) is 1.76. The summed E-state index contributed by atoms with van der Waals surface area (Å²) in [5, 5.41) is 0. The van der Waals surface area contributed by atoms with Gasteiger partial charge in [-0.05, 0) is 25.5 Å². The molecule has 0 aromatic heterocycles. The largest absolute Gasteiger partial charge is 0.492 e. The molecule has 0 aliphatic heterocycles. The molecule has 0 radical (unpaired) electrons. The van der Waals surface area contributed by atoms with Crippen LogP contribution in [-0.4, -0.2) is 36.5 Å². The zero-order valence-electron chi connectivity index (χ0n) is 12.1. The van der Waals surface area contributed by atoms with E-state index in [0.29, 0.717) is 19.6 Å². The molecule has 0 saturated carbocycles. The number of benzene rings is 1. The summed E-state index contributed by atoms with van der Waals surface area (Å²) in [5.74, 6) is 0.776. The Morgan fingerprint density at radius 3 is 2.58 bits per heavy atom. The summed E-state index contributed by atoms with van der Waals surface area (Å²) < 4.78 is 5.56. The van der Waals surface area contributed by atoms with Crippen LogP contribution in [0.4, 0.5) is 0 Å². The van der Waals surface area contributed by atoms with E-state index in [0.717, 1.165) is 12.2 Å². The Hall–Kier alpha value is -1.55. The second kappa shape index (κ2) is 7.14. The van der Waals surface area contributed by atoms with Gasteiger partial charge in [0.1, 0.15) is 12.4 Å². The minimum absolute atomic E-state index is 0.0361. The van der Waals surface area contributed by atoms with Gasteiger partial charge in [-0.3, -0.25) is 4.79 Å². The highest BCUT2D eigenvalue weighted by Crippen LogP contribution is 2.12. The van der Waals surface area contributed by atoms with Crippen molar-refractivity contribution in [2.24, 2.45) is 5.73 Å². The summed E-state index contributed by atoms with van der Waals surface area (Å²) in [4.78, 5) is 13.8. The maximum atomic E-state index is 12.1. The molecule has 0 saturated heterocycles. The number of hydrogen-bond donors (Lipinski definition) is 1. The SMILES string of the molecule is CCCC(C)(N)C(=O)N(C)CCOc1ccccc1. The van der Waals surface area contributed by atoms with Gasteiger partial charge in [0.05, 0.1) is 12.1 Å². The number of carbonyl (C=O) groups is 1. The van der Waals surface area contributed by atoms with Gasteiger partial charge in [0.2, 0.25) is 5.91 Å². The highest BCUT2D eigenvalue weighted by atomic mass is 16.5. The average Bonchev–Trinajstić information content (AvgIpc) is 2.39. The lowest BCUT2D eigenvalue weighted by molar-refractivity contribution is -0.135. The van der Waals surface area contributed by atoms with Crippen LogP contribution in [0.15, 0.2) is 30.3 Å². The van der Waals surface area contributed by atoms with Gasteiger partial charge >= 0.3 is 0 Å². The van der Waals surface area contributed by atoms with E-state index >= 15 is 0 Å². The van der Waals surface area contributed by atoms with Crippen molar-refractivity contribution in [2.75, 3.05) is 20.2 Å². The molecule has 0 aliphatic carbocycles. The monoisotopic (exact) mass is 264 g/mol. The molecule has 2 N–H and O–H groups in total. The van der Waals surface area contributed by atoms with E-state index in [1.807, 2.05) is 37.3 Å². The van der Waals surface area contributed by atoms with Gasteiger partial charge in [0.25, 0.3) is 0 Å². The number of rotatable bonds is 7. The molecule has 0 fully saturated rings. The third-order valence-electron chi connectivity index (χ3n) is 3.04. The normalized spacial score (nSPS) is 13.7. The molecule has 106 valence electrons. The lowest BCUT2D eigenvalue weighted by Gasteiger charge is -2.28. The van der Waals surface area contributed by atoms with Crippen molar-refractivity contribution >= 4 is 5.91 Å². The lowest BCUT2D eigenvalue weighted by atomic mass is 9.96. The van der Waals surface area contributed by atoms with Gasteiger partial charge in [-0.1, -0.05) is 31.5 Å². The molecule has 0 spiro atoms. The van der Waals surface area contributed by atoms with Crippen LogP contribution < -0.4 is 10.5 Å². The van der Waals surface area contributed by atoms with Crippen molar-refractivity contribution in [2.45, 2.75) is 32.2 Å². The molecule has 0 heterocycles. The fourth-order valence-corrected chi connectivity index (χ4v) is 1.98. The van der Waals surface area contributed by atoms with Crippen molar-refractivity contribution in [1.29, 1.82) is 0 Å². The Kier molecular flexibility index (Phi) is 5.83. The van der Waals surface area contributed by atoms with Gasteiger partial charge in [0, 0.05) is 7.05 Å². The smallest absolute Gasteiger partial charge is 0.242 e. The number of nitrogens with zero attached hydrogens (tertiary/aromatic N) is 1. The Labute approximate surface area is 115 Å². The van der Waals surface area contributed by atoms with Crippen molar-refractivity contribution in [3.05, 3.63) is 30.3 Å². The van der Waals surface area contributed by atoms with Crippen LogP contribution >= 0.6 is 0 Å². The van der Waals surface area contributed by atoms with Crippen molar-refractivity contribution in [1.82, 2.24) is 4.90 Å². The highest BCUT2D eigenvalue weighted by molar-refractivity contribution is 5.85. The quantitative estimate of drug-likeness (QED) is 0.820. The molecule has 1 amide bonds. The first kappa shape index (κ1) is 15.5. The molecule has 0 bridgehead atoms. The Morgan fingerprint density at radius 1 is 1.37 bits per heavy atom. The minimum atomic E-state index is -0.782. The second-order valence-corrected chi connectivity index (χ2v) is 5.06. The Morgan fingerprint density at radius 2 is 2.00 bits per heavy atom. The third kappa shape index (κ3) is 4.91. The van der Waals surface area contributed by atoms with Crippen LogP contribution in [0.25, 0.3) is 0 Å². The average molecular weight is 264 g/mol. The van der Waals surface area contributed by atoms with E-state index in [2.05, 4.69) is 0 Å². The number of amides is 1. The van der Waals surface area contributed by atoms with Crippen LogP contribution in [0, 0.1) is 0 Å². The van der Waals surface area contributed by atoms with E-state index in [4.69, 9.17) is 10.5 Å². The number of hydrogen-bond acceptors (Lipinski definition) is 3. The first-order valence-electron chi connectivity index (χ1n) is 6.69. The van der Waals surface area contributed by atoms with Gasteiger partial charge in [-0.15, -0.1) is 0 Å². The van der Waals surface area contributed by atoms with Crippen molar-refractivity contribution in [3.63, 3.8) is 0 Å². The topological polar surface area (TPSA) is 55.6 Å². The molecule has 1 aromatic rings. The second-order valence-electron chi connectivity index (χ2n) is 5.06. The minimum Gasteiger partial charge on any atom is -0.492 e. The molecule has 1 atom stereocenters. The van der Waals surface area contributed by atoms with Crippen LogP contribution in [0.1, 0.15) is 26.7 Å². The Balaban J connectivity index is 2.39. The summed E-state index contributed by atoms with van der Waals surface area (Å²) in [5.41, 5.74) is 5.24.